The lowest BCUT2D eigenvalue weighted by atomic mass is 10.2. The van der Waals surface area contributed by atoms with Crippen molar-refractivity contribution in [1.29, 1.82) is 0 Å². The number of thioether (sulfide) groups is 1. The second-order valence-electron chi connectivity index (χ2n) is 3.87. The van der Waals surface area contributed by atoms with Gasteiger partial charge in [0.2, 0.25) is 0 Å². The van der Waals surface area contributed by atoms with Gasteiger partial charge in [-0.05, 0) is 18.9 Å². The Morgan fingerprint density at radius 2 is 2.00 bits per heavy atom. The van der Waals surface area contributed by atoms with Gasteiger partial charge in [-0.25, -0.2) is 9.97 Å². The van der Waals surface area contributed by atoms with Crippen molar-refractivity contribution in [3.8, 4) is 0 Å². The second-order valence-corrected chi connectivity index (χ2v) is 5.16. The van der Waals surface area contributed by atoms with Crippen LogP contribution in [0.5, 0.6) is 0 Å². The van der Waals surface area contributed by atoms with Crippen molar-refractivity contribution in [2.75, 3.05) is 10.5 Å². The highest BCUT2D eigenvalue weighted by molar-refractivity contribution is 7.99. The molecule has 1 N–H and O–H groups in total. The number of aryl methyl sites for hydroxylation is 2. The van der Waals surface area contributed by atoms with Crippen molar-refractivity contribution in [2.45, 2.75) is 18.5 Å². The van der Waals surface area contributed by atoms with Gasteiger partial charge in [-0.3, -0.25) is 0 Å². The van der Waals surface area contributed by atoms with E-state index in [-0.39, 0.29) is 0 Å². The molecular formula is C13H15N3S2. The summed E-state index contributed by atoms with van der Waals surface area (Å²) in [6, 6.07) is 12.3. The lowest BCUT2D eigenvalue weighted by molar-refractivity contribution is 0.938. The molecule has 1 aromatic heterocycles. The van der Waals surface area contributed by atoms with Crippen molar-refractivity contribution < 1.29 is 0 Å². The van der Waals surface area contributed by atoms with Crippen molar-refractivity contribution in [1.82, 2.24) is 9.97 Å². The average molecular weight is 277 g/mol. The molecule has 0 aliphatic carbocycles. The minimum atomic E-state index is 0.744. The van der Waals surface area contributed by atoms with E-state index < -0.39 is 0 Å². The number of rotatable bonds is 5. The van der Waals surface area contributed by atoms with Crippen LogP contribution in [0.4, 0.5) is 5.82 Å². The van der Waals surface area contributed by atoms with Crippen molar-refractivity contribution in [3.05, 3.63) is 47.7 Å². The Labute approximate surface area is 117 Å². The van der Waals surface area contributed by atoms with Crippen molar-refractivity contribution in [3.63, 3.8) is 0 Å². The molecule has 0 amide bonds. The van der Waals surface area contributed by atoms with E-state index in [1.165, 1.54) is 5.56 Å². The summed E-state index contributed by atoms with van der Waals surface area (Å²) < 4.78 is 2.75. The molecule has 0 spiro atoms. The first-order valence-electron chi connectivity index (χ1n) is 5.70. The third-order valence-electron chi connectivity index (χ3n) is 2.41. The Morgan fingerprint density at radius 3 is 2.72 bits per heavy atom. The van der Waals surface area contributed by atoms with E-state index in [4.69, 9.17) is 0 Å². The van der Waals surface area contributed by atoms with Crippen LogP contribution in [-0.2, 0) is 6.42 Å². The van der Waals surface area contributed by atoms with E-state index in [2.05, 4.69) is 51.8 Å². The van der Waals surface area contributed by atoms with E-state index >= 15 is 0 Å². The molecule has 0 atom stereocenters. The molecule has 0 saturated heterocycles. The van der Waals surface area contributed by atoms with Crippen LogP contribution in [0.1, 0.15) is 11.3 Å². The van der Waals surface area contributed by atoms with Gasteiger partial charge in [0.25, 0.3) is 0 Å². The van der Waals surface area contributed by atoms with Gasteiger partial charge in [0.15, 0.2) is 5.16 Å². The van der Waals surface area contributed by atoms with Crippen molar-refractivity contribution in [2.24, 2.45) is 0 Å². The van der Waals surface area contributed by atoms with Gasteiger partial charge in [0.1, 0.15) is 5.82 Å². The molecule has 0 aliphatic heterocycles. The largest absolute Gasteiger partial charge is 0.317 e. The minimum Gasteiger partial charge on any atom is -0.317 e. The summed E-state index contributed by atoms with van der Waals surface area (Å²) in [5.41, 5.74) is 2.29. The molecule has 1 heterocycles. The molecule has 1 aromatic carbocycles. The molecular weight excluding hydrogens is 262 g/mol. The fraction of sp³-hybridized carbons (Fsp3) is 0.231. The summed E-state index contributed by atoms with van der Waals surface area (Å²) in [4.78, 5) is 8.74. The summed E-state index contributed by atoms with van der Waals surface area (Å²) in [6.07, 6.45) is 1.02. The molecule has 0 saturated carbocycles. The highest BCUT2D eigenvalue weighted by Gasteiger charge is 2.02. The Balaban J connectivity index is 1.92. The molecule has 2 rings (SSSR count). The smallest absolute Gasteiger partial charge is 0.189 e. The summed E-state index contributed by atoms with van der Waals surface area (Å²) in [5.74, 6) is 1.72. The fourth-order valence-electron chi connectivity index (χ4n) is 1.57. The van der Waals surface area contributed by atoms with Crippen LogP contribution in [-0.4, -0.2) is 15.7 Å². The highest BCUT2D eigenvalue weighted by Crippen LogP contribution is 2.18. The Bertz CT molecular complexity index is 503. The average Bonchev–Trinajstić information content (AvgIpc) is 2.39. The Kier molecular flexibility index (Phi) is 4.90. The molecule has 0 aliphatic rings. The first-order chi connectivity index (χ1) is 8.78. The SMILES string of the molecule is Cc1cc(NS)nc(SCCc2ccccc2)n1. The molecule has 0 unspecified atom stereocenters. The number of nitrogens with one attached hydrogen (secondary N) is 1. The molecule has 5 heteroatoms. The van der Waals surface area contributed by atoms with E-state index in [0.29, 0.717) is 0 Å². The standard InChI is InChI=1S/C13H15N3S2/c1-10-9-12(16-17)15-13(14-10)18-8-7-11-5-3-2-4-6-11/h2-6,9,17H,7-8H2,1H3,(H,14,15,16). The number of nitrogens with zero attached hydrogens (tertiary/aromatic N) is 2. The zero-order chi connectivity index (χ0) is 12.8. The van der Waals surface area contributed by atoms with Crippen LogP contribution in [0.15, 0.2) is 41.6 Å². The van der Waals surface area contributed by atoms with Crippen LogP contribution in [0.3, 0.4) is 0 Å². The number of anilines is 1. The van der Waals surface area contributed by atoms with Crippen LogP contribution < -0.4 is 4.72 Å². The van der Waals surface area contributed by atoms with E-state index in [0.717, 1.165) is 28.8 Å². The predicted octanol–water partition coefficient (Wildman–Crippen LogP) is 3.38. The van der Waals surface area contributed by atoms with E-state index in [1.807, 2.05) is 19.1 Å². The Morgan fingerprint density at radius 1 is 1.22 bits per heavy atom. The monoisotopic (exact) mass is 277 g/mol. The van der Waals surface area contributed by atoms with Gasteiger partial charge in [-0.1, -0.05) is 54.9 Å². The number of thiol groups is 1. The lowest BCUT2D eigenvalue weighted by Crippen LogP contribution is -1.96. The first-order valence-corrected chi connectivity index (χ1v) is 7.14. The lowest BCUT2D eigenvalue weighted by Gasteiger charge is -2.04. The maximum Gasteiger partial charge on any atom is 0.189 e. The summed E-state index contributed by atoms with van der Waals surface area (Å²) in [5, 5.41) is 0.794. The van der Waals surface area contributed by atoms with Crippen molar-refractivity contribution >= 4 is 30.4 Å². The number of aromatic nitrogens is 2. The van der Waals surface area contributed by atoms with Gasteiger partial charge in [0.05, 0.1) is 0 Å². The molecule has 18 heavy (non-hydrogen) atoms. The van der Waals surface area contributed by atoms with Crippen LogP contribution in [0.2, 0.25) is 0 Å². The third kappa shape index (κ3) is 3.92. The number of hydrogen-bond donors (Lipinski definition) is 2. The van der Waals surface area contributed by atoms with Gasteiger partial charge in [0, 0.05) is 17.5 Å². The normalized spacial score (nSPS) is 10.3. The van der Waals surface area contributed by atoms with Crippen LogP contribution in [0.25, 0.3) is 0 Å². The quantitative estimate of drug-likeness (QED) is 0.499. The van der Waals surface area contributed by atoms with Gasteiger partial charge >= 0.3 is 0 Å². The molecule has 94 valence electrons. The molecule has 0 fully saturated rings. The summed E-state index contributed by atoms with van der Waals surface area (Å²) in [6.45, 7) is 1.96. The molecule has 0 bridgehead atoms. The third-order valence-corrected chi connectivity index (χ3v) is 3.49. The number of benzene rings is 1. The number of hydrogen-bond acceptors (Lipinski definition) is 5. The minimum absolute atomic E-state index is 0.744. The molecule has 0 radical (unpaired) electrons. The van der Waals surface area contributed by atoms with E-state index in [9.17, 15) is 0 Å². The maximum absolute atomic E-state index is 4.39. The zero-order valence-electron chi connectivity index (χ0n) is 10.1. The topological polar surface area (TPSA) is 37.8 Å². The van der Waals surface area contributed by atoms with Crippen LogP contribution in [0, 0.1) is 6.92 Å². The van der Waals surface area contributed by atoms with Gasteiger partial charge in [-0.15, -0.1) is 0 Å². The maximum atomic E-state index is 4.39. The van der Waals surface area contributed by atoms with Gasteiger partial charge < -0.3 is 4.72 Å². The predicted molar refractivity (Wildman–Crippen MR) is 80.2 cm³/mol. The second kappa shape index (κ2) is 6.66. The zero-order valence-corrected chi connectivity index (χ0v) is 11.8. The van der Waals surface area contributed by atoms with Gasteiger partial charge in [-0.2, -0.15) is 0 Å². The highest BCUT2D eigenvalue weighted by atomic mass is 32.2. The molecule has 2 aromatic rings. The summed E-state index contributed by atoms with van der Waals surface area (Å²) in [7, 11) is 0. The summed E-state index contributed by atoms with van der Waals surface area (Å²) >= 11 is 5.67. The first kappa shape index (κ1) is 13.2. The molecule has 3 nitrogen and oxygen atoms in total. The van der Waals surface area contributed by atoms with Crippen LogP contribution >= 0.6 is 24.6 Å². The fourth-order valence-corrected chi connectivity index (χ4v) is 2.57. The Hall–Kier alpha value is -1.20. The van der Waals surface area contributed by atoms with E-state index in [1.54, 1.807) is 11.8 Å².